The molecule has 1 aliphatic rings. The number of piperazine rings is 1. The molecule has 0 bridgehead atoms. The standard InChI is InChI=1S/C22H27FN4O3/c1-30-18-7-6-17(19(23)12-18)15-27-11-10-26-22(29)20(27)13-21(28)25-9-3-5-16-4-2-8-24-14-16/h2,4,6-8,12,14,20H,3,5,9-11,13,15H2,1H3,(H,25,28)(H,26,29)/t20-/m1/s1. The van der Waals surface area contributed by atoms with Gasteiger partial charge in [0, 0.05) is 50.2 Å². The molecule has 2 N–H and O–H groups in total. The maximum Gasteiger partial charge on any atom is 0.237 e. The first-order valence-electron chi connectivity index (χ1n) is 10.1. The SMILES string of the molecule is COc1ccc(CN2CCNC(=O)[C@H]2CC(=O)NCCCc2cccnc2)c(F)c1. The third-order valence-electron chi connectivity index (χ3n) is 5.14. The van der Waals surface area contributed by atoms with E-state index in [1.54, 1.807) is 18.3 Å². The zero-order chi connectivity index (χ0) is 21.3. The van der Waals surface area contributed by atoms with Crippen LogP contribution in [-0.2, 0) is 22.6 Å². The molecule has 1 aliphatic heterocycles. The van der Waals surface area contributed by atoms with Crippen LogP contribution in [0.4, 0.5) is 4.39 Å². The Labute approximate surface area is 175 Å². The van der Waals surface area contributed by atoms with Crippen molar-refractivity contribution in [3.63, 3.8) is 0 Å². The van der Waals surface area contributed by atoms with Gasteiger partial charge in [-0.05, 0) is 30.5 Å². The highest BCUT2D eigenvalue weighted by Crippen LogP contribution is 2.20. The Balaban J connectivity index is 1.52. The van der Waals surface area contributed by atoms with Crippen LogP contribution < -0.4 is 15.4 Å². The summed E-state index contributed by atoms with van der Waals surface area (Å²) in [4.78, 5) is 30.7. The smallest absolute Gasteiger partial charge is 0.237 e. The van der Waals surface area contributed by atoms with Gasteiger partial charge in [0.1, 0.15) is 11.6 Å². The number of carbonyl (C=O) groups excluding carboxylic acids is 2. The summed E-state index contributed by atoms with van der Waals surface area (Å²) < 4.78 is 19.4. The van der Waals surface area contributed by atoms with Gasteiger partial charge in [-0.3, -0.25) is 19.5 Å². The van der Waals surface area contributed by atoms with Crippen molar-refractivity contribution < 1.29 is 18.7 Å². The van der Waals surface area contributed by atoms with Gasteiger partial charge < -0.3 is 15.4 Å². The second kappa shape index (κ2) is 10.7. The average molecular weight is 414 g/mol. The van der Waals surface area contributed by atoms with Crippen LogP contribution in [0, 0.1) is 5.82 Å². The minimum Gasteiger partial charge on any atom is -0.497 e. The number of aryl methyl sites for hydroxylation is 1. The van der Waals surface area contributed by atoms with Crippen molar-refractivity contribution in [2.75, 3.05) is 26.7 Å². The highest BCUT2D eigenvalue weighted by atomic mass is 19.1. The van der Waals surface area contributed by atoms with E-state index in [0.717, 1.165) is 18.4 Å². The lowest BCUT2D eigenvalue weighted by molar-refractivity contribution is -0.134. The maximum absolute atomic E-state index is 14.3. The quantitative estimate of drug-likeness (QED) is 0.610. The van der Waals surface area contributed by atoms with Gasteiger partial charge in [-0.1, -0.05) is 12.1 Å². The van der Waals surface area contributed by atoms with Gasteiger partial charge in [-0.25, -0.2) is 4.39 Å². The number of methoxy groups -OCH3 is 1. The summed E-state index contributed by atoms with van der Waals surface area (Å²) in [5, 5.41) is 5.67. The molecule has 1 aromatic carbocycles. The number of pyridine rings is 1. The van der Waals surface area contributed by atoms with Crippen LogP contribution in [0.25, 0.3) is 0 Å². The van der Waals surface area contributed by atoms with Crippen molar-refractivity contribution in [1.82, 2.24) is 20.5 Å². The number of hydrogen-bond acceptors (Lipinski definition) is 5. The van der Waals surface area contributed by atoms with Crippen LogP contribution in [0.15, 0.2) is 42.7 Å². The Hall–Kier alpha value is -3.00. The summed E-state index contributed by atoms with van der Waals surface area (Å²) in [5.74, 6) is -0.349. The third kappa shape index (κ3) is 6.00. The summed E-state index contributed by atoms with van der Waals surface area (Å²) in [6.45, 7) is 1.80. The summed E-state index contributed by atoms with van der Waals surface area (Å²) in [5.41, 5.74) is 1.58. The Bertz CT molecular complexity index is 863. The first kappa shape index (κ1) is 21.7. The van der Waals surface area contributed by atoms with Gasteiger partial charge in [-0.2, -0.15) is 0 Å². The zero-order valence-electron chi connectivity index (χ0n) is 17.1. The number of nitrogens with one attached hydrogen (secondary N) is 2. The van der Waals surface area contributed by atoms with Crippen molar-refractivity contribution in [3.8, 4) is 5.75 Å². The van der Waals surface area contributed by atoms with E-state index in [1.165, 1.54) is 13.2 Å². The molecule has 1 aromatic heterocycles. The third-order valence-corrected chi connectivity index (χ3v) is 5.14. The van der Waals surface area contributed by atoms with Gasteiger partial charge in [0.2, 0.25) is 11.8 Å². The van der Waals surface area contributed by atoms with Gasteiger partial charge in [0.25, 0.3) is 0 Å². The number of nitrogens with zero attached hydrogens (tertiary/aromatic N) is 2. The highest BCUT2D eigenvalue weighted by Gasteiger charge is 2.32. The van der Waals surface area contributed by atoms with Gasteiger partial charge in [-0.15, -0.1) is 0 Å². The molecule has 2 amide bonds. The minimum absolute atomic E-state index is 0.0382. The summed E-state index contributed by atoms with van der Waals surface area (Å²) >= 11 is 0. The first-order valence-corrected chi connectivity index (χ1v) is 10.1. The van der Waals surface area contributed by atoms with Crippen molar-refractivity contribution >= 4 is 11.8 Å². The molecule has 0 spiro atoms. The van der Waals surface area contributed by atoms with Crippen LogP contribution in [0.3, 0.4) is 0 Å². The molecule has 3 rings (SSSR count). The second-order valence-electron chi connectivity index (χ2n) is 7.25. The fourth-order valence-electron chi connectivity index (χ4n) is 3.49. The fourth-order valence-corrected chi connectivity index (χ4v) is 3.49. The first-order chi connectivity index (χ1) is 14.6. The Morgan fingerprint density at radius 3 is 3.00 bits per heavy atom. The maximum atomic E-state index is 14.3. The predicted octanol–water partition coefficient (Wildman–Crippen LogP) is 1.67. The number of amides is 2. The van der Waals surface area contributed by atoms with E-state index in [2.05, 4.69) is 15.6 Å². The molecule has 1 saturated heterocycles. The fraction of sp³-hybridized carbons (Fsp3) is 0.409. The Morgan fingerprint density at radius 1 is 1.40 bits per heavy atom. The number of hydrogen-bond donors (Lipinski definition) is 2. The second-order valence-corrected chi connectivity index (χ2v) is 7.25. The van der Waals surface area contributed by atoms with Crippen molar-refractivity contribution in [2.45, 2.75) is 31.8 Å². The minimum atomic E-state index is -0.626. The van der Waals surface area contributed by atoms with Crippen LogP contribution in [0.2, 0.25) is 0 Å². The van der Waals surface area contributed by atoms with Crippen LogP contribution in [0.1, 0.15) is 24.0 Å². The van der Waals surface area contributed by atoms with Crippen molar-refractivity contribution in [3.05, 3.63) is 59.7 Å². The lowest BCUT2D eigenvalue weighted by Crippen LogP contribution is -2.56. The molecule has 0 unspecified atom stereocenters. The summed E-state index contributed by atoms with van der Waals surface area (Å²) in [6, 6.07) is 7.91. The van der Waals surface area contributed by atoms with E-state index in [0.29, 0.717) is 30.9 Å². The van der Waals surface area contributed by atoms with E-state index in [-0.39, 0.29) is 30.6 Å². The molecule has 0 aliphatic carbocycles. The van der Waals surface area contributed by atoms with Crippen LogP contribution >= 0.6 is 0 Å². The summed E-state index contributed by atoms with van der Waals surface area (Å²) in [6.07, 6.45) is 5.18. The van der Waals surface area contributed by atoms with Crippen LogP contribution in [-0.4, -0.2) is 54.5 Å². The van der Waals surface area contributed by atoms with E-state index in [4.69, 9.17) is 4.74 Å². The number of benzene rings is 1. The largest absolute Gasteiger partial charge is 0.497 e. The zero-order valence-corrected chi connectivity index (χ0v) is 17.1. The monoisotopic (exact) mass is 414 g/mol. The number of aromatic nitrogens is 1. The molecular weight excluding hydrogens is 387 g/mol. The molecule has 7 nitrogen and oxygen atoms in total. The number of carbonyl (C=O) groups is 2. The summed E-state index contributed by atoms with van der Waals surface area (Å²) in [7, 11) is 1.48. The Morgan fingerprint density at radius 2 is 2.27 bits per heavy atom. The topological polar surface area (TPSA) is 83.6 Å². The molecule has 2 heterocycles. The molecule has 160 valence electrons. The molecule has 1 fully saturated rings. The van der Waals surface area contributed by atoms with E-state index in [9.17, 15) is 14.0 Å². The lowest BCUT2D eigenvalue weighted by Gasteiger charge is -2.34. The number of halogens is 1. The highest BCUT2D eigenvalue weighted by molar-refractivity contribution is 5.88. The molecule has 2 aromatic rings. The number of ether oxygens (including phenoxy) is 1. The normalized spacial score (nSPS) is 16.7. The Kier molecular flexibility index (Phi) is 7.73. The lowest BCUT2D eigenvalue weighted by atomic mass is 10.1. The van der Waals surface area contributed by atoms with Crippen LogP contribution in [0.5, 0.6) is 5.75 Å². The van der Waals surface area contributed by atoms with Gasteiger partial charge >= 0.3 is 0 Å². The molecule has 1 atom stereocenters. The van der Waals surface area contributed by atoms with Gasteiger partial charge in [0.15, 0.2) is 0 Å². The molecule has 8 heteroatoms. The van der Waals surface area contributed by atoms with E-state index < -0.39 is 6.04 Å². The van der Waals surface area contributed by atoms with E-state index in [1.807, 2.05) is 23.2 Å². The molecule has 30 heavy (non-hydrogen) atoms. The average Bonchev–Trinajstić information content (AvgIpc) is 2.75. The molecule has 0 saturated carbocycles. The van der Waals surface area contributed by atoms with Crippen molar-refractivity contribution in [1.29, 1.82) is 0 Å². The van der Waals surface area contributed by atoms with Crippen molar-refractivity contribution in [2.24, 2.45) is 0 Å². The number of rotatable bonds is 9. The molecular formula is C22H27FN4O3. The van der Waals surface area contributed by atoms with Gasteiger partial charge in [0.05, 0.1) is 19.6 Å². The van der Waals surface area contributed by atoms with E-state index >= 15 is 0 Å². The molecule has 0 radical (unpaired) electrons. The predicted molar refractivity (Wildman–Crippen MR) is 110 cm³/mol.